The summed E-state index contributed by atoms with van der Waals surface area (Å²) in [5.41, 5.74) is 2.68. The molecule has 150 valence electrons. The minimum Gasteiger partial charge on any atom is -0.449 e. The number of hydrogen-bond acceptors (Lipinski definition) is 3. The number of benzene rings is 2. The average molecular weight is 398 g/mol. The van der Waals surface area contributed by atoms with Crippen LogP contribution in [0.15, 0.2) is 54.6 Å². The fourth-order valence-corrected chi connectivity index (χ4v) is 2.95. The summed E-state index contributed by atoms with van der Waals surface area (Å²) in [7, 11) is 0. The van der Waals surface area contributed by atoms with Crippen molar-refractivity contribution in [1.82, 2.24) is 4.57 Å². The van der Waals surface area contributed by atoms with Crippen LogP contribution >= 0.6 is 0 Å². The second kappa shape index (κ2) is 8.26. The first-order valence-electron chi connectivity index (χ1n) is 8.99. The topological polar surface area (TPSA) is 60.3 Å². The minimum absolute atomic E-state index is 0.257. The molecule has 0 saturated heterocycles. The molecule has 7 heteroatoms. The van der Waals surface area contributed by atoms with Gasteiger partial charge in [0.05, 0.1) is 5.56 Å². The van der Waals surface area contributed by atoms with Crippen LogP contribution in [0, 0.1) is 25.5 Å². The van der Waals surface area contributed by atoms with Crippen LogP contribution < -0.4 is 5.32 Å². The third kappa shape index (κ3) is 4.34. The number of hydrogen-bond donors (Lipinski definition) is 1. The van der Waals surface area contributed by atoms with Crippen LogP contribution in [0.4, 0.5) is 14.5 Å². The standard InChI is InChI=1S/C22H20F2N2O3/c1-13-7-8-14(2)26(13)17-11-9-16(10-12-17)22(28)29-15(3)21(27)25-20-18(23)5-4-6-19(20)24/h4-12,15H,1-3H3,(H,25,27)/t15-/m1/s1. The van der Waals surface area contributed by atoms with E-state index in [9.17, 15) is 18.4 Å². The second-order valence-corrected chi connectivity index (χ2v) is 6.63. The van der Waals surface area contributed by atoms with Gasteiger partial charge in [-0.1, -0.05) is 6.07 Å². The summed E-state index contributed by atoms with van der Waals surface area (Å²) in [5.74, 6) is -3.38. The summed E-state index contributed by atoms with van der Waals surface area (Å²) in [6, 6.07) is 14.0. The molecule has 3 rings (SSSR count). The van der Waals surface area contributed by atoms with Gasteiger partial charge in [-0.25, -0.2) is 13.6 Å². The molecule has 0 fully saturated rings. The lowest BCUT2D eigenvalue weighted by Gasteiger charge is -2.15. The van der Waals surface area contributed by atoms with Crippen LogP contribution in [-0.2, 0) is 9.53 Å². The molecule has 1 aromatic heterocycles. The van der Waals surface area contributed by atoms with Gasteiger partial charge in [0.15, 0.2) is 6.10 Å². The predicted molar refractivity (Wildman–Crippen MR) is 105 cm³/mol. The number of rotatable bonds is 5. The number of ether oxygens (including phenoxy) is 1. The fourth-order valence-electron chi connectivity index (χ4n) is 2.95. The van der Waals surface area contributed by atoms with Crippen LogP contribution in [0.1, 0.15) is 28.7 Å². The second-order valence-electron chi connectivity index (χ2n) is 6.63. The van der Waals surface area contributed by atoms with Crippen molar-refractivity contribution in [2.75, 3.05) is 5.32 Å². The van der Waals surface area contributed by atoms with Crippen LogP contribution in [0.2, 0.25) is 0 Å². The number of anilines is 1. The van der Waals surface area contributed by atoms with Gasteiger partial charge in [0.2, 0.25) is 0 Å². The number of esters is 1. The minimum atomic E-state index is -1.24. The molecular weight excluding hydrogens is 378 g/mol. The van der Waals surface area contributed by atoms with E-state index in [4.69, 9.17) is 4.74 Å². The average Bonchev–Trinajstić information content (AvgIpc) is 3.03. The SMILES string of the molecule is Cc1ccc(C)n1-c1ccc(C(=O)O[C@H](C)C(=O)Nc2c(F)cccc2F)cc1. The highest BCUT2D eigenvalue weighted by Gasteiger charge is 2.21. The number of nitrogens with zero attached hydrogens (tertiary/aromatic N) is 1. The first-order valence-corrected chi connectivity index (χ1v) is 8.99. The highest BCUT2D eigenvalue weighted by atomic mass is 19.1. The van der Waals surface area contributed by atoms with Gasteiger partial charge in [-0.05, 0) is 69.3 Å². The lowest BCUT2D eigenvalue weighted by atomic mass is 10.2. The molecule has 0 saturated carbocycles. The maximum atomic E-state index is 13.6. The molecule has 0 aliphatic carbocycles. The van der Waals surface area contributed by atoms with Crippen molar-refractivity contribution in [2.24, 2.45) is 0 Å². The van der Waals surface area contributed by atoms with Gasteiger partial charge in [-0.15, -0.1) is 0 Å². The van der Waals surface area contributed by atoms with Gasteiger partial charge in [0.25, 0.3) is 5.91 Å². The summed E-state index contributed by atoms with van der Waals surface area (Å²) in [6.45, 7) is 5.29. The van der Waals surface area contributed by atoms with Crippen LogP contribution in [-0.4, -0.2) is 22.5 Å². The van der Waals surface area contributed by atoms with E-state index in [1.165, 1.54) is 13.0 Å². The van der Waals surface area contributed by atoms with Crippen molar-refractivity contribution in [3.05, 3.63) is 83.2 Å². The molecule has 0 radical (unpaired) electrons. The molecular formula is C22H20F2N2O3. The number of halogens is 2. The van der Waals surface area contributed by atoms with Crippen molar-refractivity contribution < 1.29 is 23.1 Å². The molecule has 0 aliphatic rings. The third-order valence-electron chi connectivity index (χ3n) is 4.50. The number of carbonyl (C=O) groups excluding carboxylic acids is 2. The van der Waals surface area contributed by atoms with Gasteiger partial charge in [-0.3, -0.25) is 4.79 Å². The van der Waals surface area contributed by atoms with E-state index in [1.54, 1.807) is 24.3 Å². The monoisotopic (exact) mass is 398 g/mol. The quantitative estimate of drug-likeness (QED) is 0.641. The zero-order chi connectivity index (χ0) is 21.1. The van der Waals surface area contributed by atoms with Crippen LogP contribution in [0.25, 0.3) is 5.69 Å². The molecule has 1 amide bonds. The molecule has 0 unspecified atom stereocenters. The first-order chi connectivity index (χ1) is 13.8. The Labute approximate surface area is 166 Å². The van der Waals surface area contributed by atoms with Gasteiger partial charge < -0.3 is 14.6 Å². The zero-order valence-corrected chi connectivity index (χ0v) is 16.2. The van der Waals surface area contributed by atoms with E-state index in [0.717, 1.165) is 29.2 Å². The molecule has 1 heterocycles. The molecule has 1 atom stereocenters. The maximum Gasteiger partial charge on any atom is 0.338 e. The van der Waals surface area contributed by atoms with E-state index in [1.807, 2.05) is 30.5 Å². The van der Waals surface area contributed by atoms with Crippen molar-refractivity contribution >= 4 is 17.6 Å². The number of para-hydroxylation sites is 1. The Kier molecular flexibility index (Phi) is 5.77. The molecule has 29 heavy (non-hydrogen) atoms. The maximum absolute atomic E-state index is 13.6. The molecule has 0 spiro atoms. The molecule has 2 aromatic carbocycles. The molecule has 0 aliphatic heterocycles. The van der Waals surface area contributed by atoms with E-state index < -0.39 is 35.3 Å². The molecule has 3 aromatic rings. The third-order valence-corrected chi connectivity index (χ3v) is 4.50. The zero-order valence-electron chi connectivity index (χ0n) is 16.2. The largest absolute Gasteiger partial charge is 0.449 e. The van der Waals surface area contributed by atoms with E-state index >= 15 is 0 Å². The van der Waals surface area contributed by atoms with E-state index in [2.05, 4.69) is 5.32 Å². The smallest absolute Gasteiger partial charge is 0.338 e. The van der Waals surface area contributed by atoms with Gasteiger partial charge in [0, 0.05) is 17.1 Å². The Bertz CT molecular complexity index is 1020. The van der Waals surface area contributed by atoms with E-state index in [-0.39, 0.29) is 5.56 Å². The highest BCUT2D eigenvalue weighted by Crippen LogP contribution is 2.19. The molecule has 1 N–H and O–H groups in total. The van der Waals surface area contributed by atoms with Crippen molar-refractivity contribution in [2.45, 2.75) is 26.9 Å². The summed E-state index contributed by atoms with van der Waals surface area (Å²) >= 11 is 0. The summed E-state index contributed by atoms with van der Waals surface area (Å²) in [5, 5.41) is 2.11. The van der Waals surface area contributed by atoms with Gasteiger partial charge in [0.1, 0.15) is 17.3 Å². The Morgan fingerprint density at radius 2 is 1.48 bits per heavy atom. The number of aromatic nitrogens is 1. The normalized spacial score (nSPS) is 11.8. The Balaban J connectivity index is 1.67. The lowest BCUT2D eigenvalue weighted by molar-refractivity contribution is -0.123. The summed E-state index contributed by atoms with van der Waals surface area (Å²) < 4.78 is 34.5. The van der Waals surface area contributed by atoms with Crippen molar-refractivity contribution in [3.63, 3.8) is 0 Å². The highest BCUT2D eigenvalue weighted by molar-refractivity contribution is 5.97. The Morgan fingerprint density at radius 1 is 0.931 bits per heavy atom. The molecule has 5 nitrogen and oxygen atoms in total. The number of aryl methyl sites for hydroxylation is 2. The van der Waals surface area contributed by atoms with Crippen molar-refractivity contribution in [3.8, 4) is 5.69 Å². The van der Waals surface area contributed by atoms with Crippen LogP contribution in [0.5, 0.6) is 0 Å². The molecule has 0 bridgehead atoms. The first kappa shape index (κ1) is 20.3. The van der Waals surface area contributed by atoms with Gasteiger partial charge in [-0.2, -0.15) is 0 Å². The number of amides is 1. The number of carbonyl (C=O) groups is 2. The summed E-state index contributed by atoms with van der Waals surface area (Å²) in [6.07, 6.45) is -1.24. The Morgan fingerprint density at radius 3 is 2.03 bits per heavy atom. The van der Waals surface area contributed by atoms with Gasteiger partial charge >= 0.3 is 5.97 Å². The summed E-state index contributed by atoms with van der Waals surface area (Å²) in [4.78, 5) is 24.5. The van der Waals surface area contributed by atoms with E-state index in [0.29, 0.717) is 0 Å². The van der Waals surface area contributed by atoms with Crippen molar-refractivity contribution in [1.29, 1.82) is 0 Å². The predicted octanol–water partition coefficient (Wildman–Crippen LogP) is 4.56. The Hall–Kier alpha value is -3.48. The lowest BCUT2D eigenvalue weighted by Crippen LogP contribution is -2.30. The number of nitrogens with one attached hydrogen (secondary N) is 1. The van der Waals surface area contributed by atoms with Crippen LogP contribution in [0.3, 0.4) is 0 Å². The fraction of sp³-hybridized carbons (Fsp3) is 0.182.